The predicted octanol–water partition coefficient (Wildman–Crippen LogP) is 5.32. The Hall–Kier alpha value is -0.760. The van der Waals surface area contributed by atoms with Crippen molar-refractivity contribution in [1.29, 1.82) is 0 Å². The summed E-state index contributed by atoms with van der Waals surface area (Å²) in [6.07, 6.45) is 3.07. The van der Waals surface area contributed by atoms with Gasteiger partial charge in [-0.3, -0.25) is 4.99 Å². The Morgan fingerprint density at radius 1 is 1.41 bits per heavy atom. The average Bonchev–Trinajstić information content (AvgIpc) is 2.66. The first-order valence-corrected chi connectivity index (χ1v) is 7.13. The Kier molecular flexibility index (Phi) is 5.26. The van der Waals surface area contributed by atoms with E-state index in [0.29, 0.717) is 5.92 Å². The van der Waals surface area contributed by atoms with Crippen molar-refractivity contribution < 1.29 is 0 Å². The molecule has 1 rings (SSSR count). The largest absolute Gasteiger partial charge is 0.255 e. The van der Waals surface area contributed by atoms with Crippen molar-refractivity contribution in [3.8, 4) is 0 Å². The highest BCUT2D eigenvalue weighted by molar-refractivity contribution is 8.07. The molecule has 1 heterocycles. The molecule has 0 aromatic carbocycles. The minimum atomic E-state index is 0.582. The molecular formula is C15H23NS. The maximum atomic E-state index is 4.67. The molecule has 1 nitrogen and oxygen atoms in total. The second-order valence-electron chi connectivity index (χ2n) is 4.89. The standard InChI is InChI=1S/C15H23NS/c1-7-11(4)8-16-14-12(5)9-17-15(14)13(6)10(2)3/h8-10H,7H2,1-6H3/b11-8+,15-13-,16-14-. The molecule has 0 N–H and O–H groups in total. The zero-order valence-electron chi connectivity index (χ0n) is 11.8. The Morgan fingerprint density at radius 3 is 2.59 bits per heavy atom. The van der Waals surface area contributed by atoms with Crippen LogP contribution in [0, 0.1) is 5.92 Å². The maximum absolute atomic E-state index is 4.67. The first kappa shape index (κ1) is 14.3. The number of thioether (sulfide) groups is 1. The zero-order valence-corrected chi connectivity index (χ0v) is 12.6. The molecule has 0 spiro atoms. The van der Waals surface area contributed by atoms with Crippen LogP contribution in [0.4, 0.5) is 0 Å². The smallest absolute Gasteiger partial charge is 0.0802 e. The molecule has 0 saturated heterocycles. The molecule has 1 aliphatic heterocycles. The molecule has 0 aromatic heterocycles. The van der Waals surface area contributed by atoms with Crippen LogP contribution in [0.25, 0.3) is 0 Å². The molecule has 2 heteroatoms. The number of hydrogen-bond acceptors (Lipinski definition) is 2. The summed E-state index contributed by atoms with van der Waals surface area (Å²) in [6.45, 7) is 13.1. The topological polar surface area (TPSA) is 12.4 Å². The first-order valence-electron chi connectivity index (χ1n) is 6.25. The van der Waals surface area contributed by atoms with Gasteiger partial charge in [-0.2, -0.15) is 0 Å². The van der Waals surface area contributed by atoms with Crippen molar-refractivity contribution in [3.05, 3.63) is 33.2 Å². The monoisotopic (exact) mass is 249 g/mol. The van der Waals surface area contributed by atoms with Gasteiger partial charge >= 0.3 is 0 Å². The fourth-order valence-electron chi connectivity index (χ4n) is 1.41. The summed E-state index contributed by atoms with van der Waals surface area (Å²) in [5.74, 6) is 0.582. The third-order valence-corrected chi connectivity index (χ3v) is 4.36. The van der Waals surface area contributed by atoms with Crippen LogP contribution in [0.15, 0.2) is 38.2 Å². The minimum Gasteiger partial charge on any atom is -0.255 e. The normalized spacial score (nSPS) is 22.4. The summed E-state index contributed by atoms with van der Waals surface area (Å²) in [4.78, 5) is 6.01. The number of rotatable bonds is 3. The predicted molar refractivity (Wildman–Crippen MR) is 80.4 cm³/mol. The van der Waals surface area contributed by atoms with Crippen molar-refractivity contribution in [2.24, 2.45) is 10.9 Å². The van der Waals surface area contributed by atoms with Gasteiger partial charge in [0.05, 0.1) is 5.71 Å². The second kappa shape index (κ2) is 6.25. The Bertz CT molecular complexity index is 409. The van der Waals surface area contributed by atoms with Gasteiger partial charge in [0.2, 0.25) is 0 Å². The molecule has 94 valence electrons. The van der Waals surface area contributed by atoms with E-state index in [1.54, 1.807) is 0 Å². The van der Waals surface area contributed by atoms with Crippen molar-refractivity contribution in [3.63, 3.8) is 0 Å². The van der Waals surface area contributed by atoms with E-state index in [9.17, 15) is 0 Å². The lowest BCUT2D eigenvalue weighted by Gasteiger charge is -2.10. The fraction of sp³-hybridized carbons (Fsp3) is 0.533. The van der Waals surface area contributed by atoms with Crippen LogP contribution >= 0.6 is 11.8 Å². The van der Waals surface area contributed by atoms with Gasteiger partial charge in [-0.1, -0.05) is 43.7 Å². The molecule has 0 saturated carbocycles. The minimum absolute atomic E-state index is 0.582. The van der Waals surface area contributed by atoms with E-state index in [2.05, 4.69) is 51.9 Å². The lowest BCUT2D eigenvalue weighted by atomic mass is 10.0. The van der Waals surface area contributed by atoms with Crippen LogP contribution < -0.4 is 0 Å². The summed E-state index contributed by atoms with van der Waals surface area (Å²) in [6, 6.07) is 0. The summed E-state index contributed by atoms with van der Waals surface area (Å²) in [5, 5.41) is 2.20. The Labute approximate surface area is 110 Å². The third-order valence-electron chi connectivity index (χ3n) is 3.14. The Morgan fingerprint density at radius 2 is 2.06 bits per heavy atom. The van der Waals surface area contributed by atoms with E-state index in [-0.39, 0.29) is 0 Å². The lowest BCUT2D eigenvalue weighted by Crippen LogP contribution is -2.02. The van der Waals surface area contributed by atoms with Gasteiger partial charge in [0.15, 0.2) is 0 Å². The van der Waals surface area contributed by atoms with Crippen LogP contribution in [0.5, 0.6) is 0 Å². The van der Waals surface area contributed by atoms with Gasteiger partial charge < -0.3 is 0 Å². The molecule has 1 aliphatic rings. The quantitative estimate of drug-likeness (QED) is 0.659. The zero-order chi connectivity index (χ0) is 13.0. The number of nitrogens with zero attached hydrogens (tertiary/aromatic N) is 1. The maximum Gasteiger partial charge on any atom is 0.0802 e. The van der Waals surface area contributed by atoms with Gasteiger partial charge in [-0.25, -0.2) is 0 Å². The van der Waals surface area contributed by atoms with Crippen LogP contribution in [0.3, 0.4) is 0 Å². The Balaban J connectivity index is 3.10. The molecule has 0 atom stereocenters. The molecular weight excluding hydrogens is 226 g/mol. The van der Waals surface area contributed by atoms with E-state index in [0.717, 1.165) is 12.1 Å². The molecule has 0 aromatic rings. The molecule has 0 fully saturated rings. The fourth-order valence-corrected chi connectivity index (χ4v) is 2.56. The SMILES string of the molecule is CC/C(C)=C/N=C1/C(C)=CS/C1=C(/C)C(C)C. The van der Waals surface area contributed by atoms with Crippen molar-refractivity contribution in [1.82, 2.24) is 0 Å². The molecule has 0 aliphatic carbocycles. The van der Waals surface area contributed by atoms with Gasteiger partial charge in [0.1, 0.15) is 0 Å². The highest BCUT2D eigenvalue weighted by Crippen LogP contribution is 2.36. The van der Waals surface area contributed by atoms with Gasteiger partial charge in [0, 0.05) is 11.1 Å². The van der Waals surface area contributed by atoms with Crippen LogP contribution in [-0.4, -0.2) is 5.71 Å². The number of hydrogen-bond donors (Lipinski definition) is 0. The van der Waals surface area contributed by atoms with E-state index in [1.165, 1.54) is 21.6 Å². The van der Waals surface area contributed by atoms with E-state index in [4.69, 9.17) is 0 Å². The van der Waals surface area contributed by atoms with E-state index < -0.39 is 0 Å². The summed E-state index contributed by atoms with van der Waals surface area (Å²) < 4.78 is 0. The van der Waals surface area contributed by atoms with E-state index in [1.807, 2.05) is 18.0 Å². The summed E-state index contributed by atoms with van der Waals surface area (Å²) in [5.41, 5.74) is 5.20. The molecule has 0 amide bonds. The molecule has 0 unspecified atom stereocenters. The van der Waals surface area contributed by atoms with E-state index >= 15 is 0 Å². The third kappa shape index (κ3) is 3.60. The molecule has 17 heavy (non-hydrogen) atoms. The van der Waals surface area contributed by atoms with Crippen LogP contribution in [0.1, 0.15) is 48.0 Å². The van der Waals surface area contributed by atoms with Crippen LogP contribution in [0.2, 0.25) is 0 Å². The highest BCUT2D eigenvalue weighted by Gasteiger charge is 2.19. The summed E-state index contributed by atoms with van der Waals surface area (Å²) in [7, 11) is 0. The number of allylic oxidation sites excluding steroid dienone is 4. The van der Waals surface area contributed by atoms with Crippen molar-refractivity contribution in [2.75, 3.05) is 0 Å². The number of aliphatic imine (C=N–C) groups is 1. The van der Waals surface area contributed by atoms with Gasteiger partial charge in [-0.15, -0.1) is 0 Å². The van der Waals surface area contributed by atoms with Crippen molar-refractivity contribution in [2.45, 2.75) is 48.0 Å². The molecule has 0 bridgehead atoms. The molecule has 0 radical (unpaired) electrons. The second-order valence-corrected chi connectivity index (χ2v) is 5.77. The van der Waals surface area contributed by atoms with Crippen molar-refractivity contribution >= 4 is 17.5 Å². The average molecular weight is 249 g/mol. The lowest BCUT2D eigenvalue weighted by molar-refractivity contribution is 0.769. The summed E-state index contributed by atoms with van der Waals surface area (Å²) >= 11 is 1.81. The first-order chi connectivity index (χ1) is 7.97. The van der Waals surface area contributed by atoms with Crippen LogP contribution in [-0.2, 0) is 0 Å². The highest BCUT2D eigenvalue weighted by atomic mass is 32.2. The van der Waals surface area contributed by atoms with Gasteiger partial charge in [-0.05, 0) is 44.1 Å². The van der Waals surface area contributed by atoms with Gasteiger partial charge in [0.25, 0.3) is 0 Å².